The lowest BCUT2D eigenvalue weighted by molar-refractivity contribution is -0.132. The molecule has 0 bridgehead atoms. The minimum Gasteiger partial charge on any atom is -0.507 e. The molecule has 4 aromatic rings. The van der Waals surface area contributed by atoms with Crippen LogP contribution in [0.25, 0.3) is 16.0 Å². The number of aliphatic hydroxyl groups excluding tert-OH is 1. The number of carbonyl (C=O) groups is 2. The van der Waals surface area contributed by atoms with Gasteiger partial charge in [0.1, 0.15) is 17.3 Å². The molecular formula is C27H23N3O5S. The van der Waals surface area contributed by atoms with Gasteiger partial charge in [-0.1, -0.05) is 24.3 Å². The minimum absolute atomic E-state index is 0.0212. The molecular weight excluding hydrogens is 478 g/mol. The second-order valence-electron chi connectivity index (χ2n) is 8.16. The molecule has 2 aromatic carbocycles. The number of aromatic nitrogens is 2. The SMILES string of the molecule is CCCOc1ccc(/C(O)=C2\C(=O)C(=O)N(c3nc4ccc(OC)cc4s3)C2c2cccnc2)cc1. The number of hydrogen-bond acceptors (Lipinski definition) is 8. The molecule has 8 nitrogen and oxygen atoms in total. The Bertz CT molecular complexity index is 1460. The van der Waals surface area contributed by atoms with E-state index in [9.17, 15) is 14.7 Å². The van der Waals surface area contributed by atoms with Gasteiger partial charge in [-0.3, -0.25) is 19.5 Å². The molecule has 1 amide bonds. The highest BCUT2D eigenvalue weighted by atomic mass is 32.1. The first-order valence-corrected chi connectivity index (χ1v) is 12.2. The fourth-order valence-corrected chi connectivity index (χ4v) is 5.11. The maximum Gasteiger partial charge on any atom is 0.301 e. The fourth-order valence-electron chi connectivity index (χ4n) is 4.09. The Hall–Kier alpha value is -4.24. The van der Waals surface area contributed by atoms with Crippen molar-refractivity contribution in [1.29, 1.82) is 0 Å². The first-order valence-electron chi connectivity index (χ1n) is 11.4. The largest absolute Gasteiger partial charge is 0.507 e. The average Bonchev–Trinajstić information content (AvgIpc) is 3.45. The number of rotatable bonds is 7. The fraction of sp³-hybridized carbons (Fsp3) is 0.185. The van der Waals surface area contributed by atoms with E-state index in [0.29, 0.717) is 39.9 Å². The summed E-state index contributed by atoms with van der Waals surface area (Å²) in [6, 6.07) is 14.8. The average molecular weight is 502 g/mol. The number of thiazole rings is 1. The number of nitrogens with zero attached hydrogens (tertiary/aromatic N) is 3. The van der Waals surface area contributed by atoms with Crippen molar-refractivity contribution >= 4 is 44.1 Å². The van der Waals surface area contributed by atoms with E-state index >= 15 is 0 Å². The molecule has 3 heterocycles. The molecule has 182 valence electrons. The van der Waals surface area contributed by atoms with Gasteiger partial charge in [-0.15, -0.1) is 0 Å². The van der Waals surface area contributed by atoms with Gasteiger partial charge in [0.2, 0.25) is 0 Å². The Kier molecular flexibility index (Phi) is 6.39. The lowest BCUT2D eigenvalue weighted by Crippen LogP contribution is -2.29. The van der Waals surface area contributed by atoms with E-state index in [0.717, 1.165) is 11.1 Å². The number of benzene rings is 2. The minimum atomic E-state index is -0.892. The van der Waals surface area contributed by atoms with Crippen LogP contribution in [0.4, 0.5) is 5.13 Å². The normalized spacial score (nSPS) is 17.1. The third-order valence-corrected chi connectivity index (χ3v) is 6.85. The molecule has 0 spiro atoms. The highest BCUT2D eigenvalue weighted by Gasteiger charge is 2.48. The van der Waals surface area contributed by atoms with Crippen LogP contribution in [0, 0.1) is 0 Å². The molecule has 1 unspecified atom stereocenters. The van der Waals surface area contributed by atoms with Crippen LogP contribution in [0.15, 0.2) is 72.6 Å². The predicted molar refractivity (Wildman–Crippen MR) is 137 cm³/mol. The second-order valence-corrected chi connectivity index (χ2v) is 9.17. The van der Waals surface area contributed by atoms with E-state index in [1.54, 1.807) is 68.0 Å². The third-order valence-electron chi connectivity index (χ3n) is 5.84. The van der Waals surface area contributed by atoms with Gasteiger partial charge in [-0.05, 0) is 60.5 Å². The molecule has 1 saturated heterocycles. The standard InChI is InChI=1S/C27H23N3O5S/c1-3-13-35-18-8-6-16(7-9-18)24(31)22-23(17-5-4-12-28-15-17)30(26(33)25(22)32)27-29-20-11-10-19(34-2)14-21(20)36-27/h4-12,14-15,23,31H,3,13H2,1-2H3/b24-22+. The molecule has 1 N–H and O–H groups in total. The first-order chi connectivity index (χ1) is 17.5. The van der Waals surface area contributed by atoms with Crippen molar-refractivity contribution in [2.75, 3.05) is 18.6 Å². The molecule has 5 rings (SSSR count). The van der Waals surface area contributed by atoms with Gasteiger partial charge < -0.3 is 14.6 Å². The Labute approximate surface area is 211 Å². The zero-order valence-electron chi connectivity index (χ0n) is 19.7. The van der Waals surface area contributed by atoms with Gasteiger partial charge in [-0.2, -0.15) is 0 Å². The summed E-state index contributed by atoms with van der Waals surface area (Å²) < 4.78 is 11.7. The number of ether oxygens (including phenoxy) is 2. The molecule has 2 aromatic heterocycles. The number of carbonyl (C=O) groups excluding carboxylic acids is 2. The van der Waals surface area contributed by atoms with Crippen molar-refractivity contribution in [3.05, 3.63) is 83.7 Å². The van der Waals surface area contributed by atoms with Crippen LogP contribution in [0.5, 0.6) is 11.5 Å². The molecule has 1 aliphatic rings. The van der Waals surface area contributed by atoms with Crippen LogP contribution < -0.4 is 14.4 Å². The Morgan fingerprint density at radius 1 is 1.11 bits per heavy atom. The van der Waals surface area contributed by atoms with Gasteiger partial charge in [-0.25, -0.2) is 4.98 Å². The summed E-state index contributed by atoms with van der Waals surface area (Å²) in [6.45, 7) is 2.59. The molecule has 0 radical (unpaired) electrons. The van der Waals surface area contributed by atoms with Crippen molar-refractivity contribution in [2.24, 2.45) is 0 Å². The number of methoxy groups -OCH3 is 1. The number of pyridine rings is 1. The summed E-state index contributed by atoms with van der Waals surface area (Å²) in [5.74, 6) is -0.504. The molecule has 0 saturated carbocycles. The number of amides is 1. The third kappa shape index (κ3) is 4.18. The number of anilines is 1. The second kappa shape index (κ2) is 9.79. The van der Waals surface area contributed by atoms with Crippen molar-refractivity contribution in [3.63, 3.8) is 0 Å². The van der Waals surface area contributed by atoms with Crippen LogP contribution in [0.2, 0.25) is 0 Å². The van der Waals surface area contributed by atoms with Crippen LogP contribution in [0.3, 0.4) is 0 Å². The van der Waals surface area contributed by atoms with Gasteiger partial charge in [0.05, 0.1) is 35.5 Å². The van der Waals surface area contributed by atoms with Crippen molar-refractivity contribution < 1.29 is 24.2 Å². The number of Topliss-reactive ketones (excluding diaryl/α,β-unsaturated/α-hetero) is 1. The van der Waals surface area contributed by atoms with Crippen LogP contribution >= 0.6 is 11.3 Å². The molecule has 0 aliphatic carbocycles. The molecule has 9 heteroatoms. The van der Waals surface area contributed by atoms with Crippen LogP contribution in [0.1, 0.15) is 30.5 Å². The Morgan fingerprint density at radius 2 is 1.89 bits per heavy atom. The van der Waals surface area contributed by atoms with Gasteiger partial charge in [0, 0.05) is 18.0 Å². The van der Waals surface area contributed by atoms with E-state index in [2.05, 4.69) is 9.97 Å². The van der Waals surface area contributed by atoms with Crippen molar-refractivity contribution in [2.45, 2.75) is 19.4 Å². The zero-order chi connectivity index (χ0) is 25.2. The monoisotopic (exact) mass is 501 g/mol. The smallest absolute Gasteiger partial charge is 0.301 e. The maximum atomic E-state index is 13.3. The summed E-state index contributed by atoms with van der Waals surface area (Å²) in [4.78, 5) is 36.8. The van der Waals surface area contributed by atoms with Gasteiger partial charge >= 0.3 is 5.91 Å². The van der Waals surface area contributed by atoms with Crippen LogP contribution in [-0.2, 0) is 9.59 Å². The Balaban J connectivity index is 1.63. The number of fused-ring (bicyclic) bond motifs is 1. The summed E-state index contributed by atoms with van der Waals surface area (Å²) in [6.07, 6.45) is 4.05. The lowest BCUT2D eigenvalue weighted by atomic mass is 9.96. The van der Waals surface area contributed by atoms with Gasteiger partial charge in [0.25, 0.3) is 5.78 Å². The van der Waals surface area contributed by atoms with E-state index in [1.807, 2.05) is 13.0 Å². The summed E-state index contributed by atoms with van der Waals surface area (Å²) in [5, 5.41) is 11.6. The van der Waals surface area contributed by atoms with E-state index in [-0.39, 0.29) is 11.3 Å². The van der Waals surface area contributed by atoms with Crippen LogP contribution in [-0.4, -0.2) is 40.5 Å². The van der Waals surface area contributed by atoms with E-state index in [4.69, 9.17) is 9.47 Å². The zero-order valence-corrected chi connectivity index (χ0v) is 20.5. The lowest BCUT2D eigenvalue weighted by Gasteiger charge is -2.22. The van der Waals surface area contributed by atoms with E-state index < -0.39 is 17.7 Å². The number of aliphatic hydroxyl groups is 1. The molecule has 1 fully saturated rings. The van der Waals surface area contributed by atoms with Gasteiger partial charge in [0.15, 0.2) is 5.13 Å². The van der Waals surface area contributed by atoms with Crippen molar-refractivity contribution in [1.82, 2.24) is 9.97 Å². The molecule has 1 atom stereocenters. The van der Waals surface area contributed by atoms with E-state index in [1.165, 1.54) is 16.2 Å². The molecule has 36 heavy (non-hydrogen) atoms. The summed E-state index contributed by atoms with van der Waals surface area (Å²) in [7, 11) is 1.58. The highest BCUT2D eigenvalue weighted by molar-refractivity contribution is 7.22. The quantitative estimate of drug-likeness (QED) is 0.213. The van der Waals surface area contributed by atoms with Crippen molar-refractivity contribution in [3.8, 4) is 11.5 Å². The summed E-state index contributed by atoms with van der Waals surface area (Å²) in [5.41, 5.74) is 1.63. The number of ketones is 1. The summed E-state index contributed by atoms with van der Waals surface area (Å²) >= 11 is 1.27. The number of hydrogen-bond donors (Lipinski definition) is 1. The predicted octanol–water partition coefficient (Wildman–Crippen LogP) is 5.12. The molecule has 1 aliphatic heterocycles. The first kappa shape index (κ1) is 23.5. The highest BCUT2D eigenvalue weighted by Crippen LogP contribution is 2.44. The topological polar surface area (TPSA) is 102 Å². The Morgan fingerprint density at radius 3 is 2.58 bits per heavy atom. The maximum absolute atomic E-state index is 13.3.